The number of rotatable bonds is 11. The Morgan fingerprint density at radius 1 is 0.829 bits per heavy atom. The van der Waals surface area contributed by atoms with Gasteiger partial charge in [-0.15, -0.1) is 0 Å². The third-order valence-corrected chi connectivity index (χ3v) is 8.75. The van der Waals surface area contributed by atoms with Crippen molar-refractivity contribution in [3.63, 3.8) is 0 Å². The average Bonchev–Trinajstić information content (AvgIpc) is 3.82. The first-order valence-corrected chi connectivity index (χ1v) is 14.6. The molecule has 0 atom stereocenters. The SMILES string of the molecule is COc1ccc(CNC(=O)c2ccc(CNC(=O)C3(C4CCN(Cc5ccc(Cl)cc5)CC4)CC3)cc2)cc1OC. The van der Waals surface area contributed by atoms with E-state index in [0.717, 1.165) is 61.5 Å². The fraction of sp³-hybridized carbons (Fsp3) is 0.394. The maximum Gasteiger partial charge on any atom is 0.251 e. The minimum atomic E-state index is -0.212. The highest BCUT2D eigenvalue weighted by Gasteiger charge is 2.55. The maximum absolute atomic E-state index is 13.3. The lowest BCUT2D eigenvalue weighted by Crippen LogP contribution is -2.42. The van der Waals surface area contributed by atoms with Gasteiger partial charge in [0.2, 0.25) is 5.91 Å². The smallest absolute Gasteiger partial charge is 0.251 e. The molecule has 1 aliphatic heterocycles. The van der Waals surface area contributed by atoms with E-state index in [1.807, 2.05) is 42.5 Å². The monoisotopic (exact) mass is 575 g/mol. The van der Waals surface area contributed by atoms with Gasteiger partial charge in [0.15, 0.2) is 11.5 Å². The Morgan fingerprint density at radius 3 is 2.07 bits per heavy atom. The molecule has 0 aromatic heterocycles. The number of nitrogens with one attached hydrogen (secondary N) is 2. The highest BCUT2D eigenvalue weighted by molar-refractivity contribution is 6.30. The Morgan fingerprint density at radius 2 is 1.44 bits per heavy atom. The van der Waals surface area contributed by atoms with E-state index in [1.54, 1.807) is 26.4 Å². The summed E-state index contributed by atoms with van der Waals surface area (Å²) >= 11 is 6.02. The van der Waals surface area contributed by atoms with Crippen LogP contribution in [0.5, 0.6) is 11.5 Å². The summed E-state index contributed by atoms with van der Waals surface area (Å²) in [6, 6.07) is 21.0. The molecule has 216 valence electrons. The van der Waals surface area contributed by atoms with Crippen LogP contribution in [-0.2, 0) is 24.4 Å². The Balaban J connectivity index is 1.07. The number of ether oxygens (including phenoxy) is 2. The largest absolute Gasteiger partial charge is 0.493 e. The molecule has 0 unspecified atom stereocenters. The van der Waals surface area contributed by atoms with Crippen LogP contribution in [0.25, 0.3) is 0 Å². The third-order valence-electron chi connectivity index (χ3n) is 8.50. The van der Waals surface area contributed by atoms with Crippen molar-refractivity contribution in [1.82, 2.24) is 15.5 Å². The Labute approximate surface area is 247 Å². The average molecular weight is 576 g/mol. The molecule has 1 heterocycles. The molecule has 0 spiro atoms. The molecule has 41 heavy (non-hydrogen) atoms. The third kappa shape index (κ3) is 7.03. The molecule has 2 aliphatic rings. The highest BCUT2D eigenvalue weighted by Crippen LogP contribution is 2.55. The normalized spacial score (nSPS) is 16.6. The number of likely N-dealkylation sites (tertiary alicyclic amines) is 1. The molecule has 0 radical (unpaired) electrons. The number of methoxy groups -OCH3 is 2. The lowest BCUT2D eigenvalue weighted by Gasteiger charge is -2.36. The van der Waals surface area contributed by atoms with Crippen LogP contribution >= 0.6 is 11.6 Å². The summed E-state index contributed by atoms with van der Waals surface area (Å²) in [6.45, 7) is 3.78. The molecule has 1 aliphatic carbocycles. The number of nitrogens with zero attached hydrogens (tertiary/aromatic N) is 1. The van der Waals surface area contributed by atoms with Crippen molar-refractivity contribution in [2.45, 2.75) is 45.3 Å². The Kier molecular flexibility index (Phi) is 9.15. The standard InChI is InChI=1S/C33H38ClN3O4/c1-40-29-12-7-25(19-30(29)41-2)21-35-31(38)26-8-3-23(4-9-26)20-36-32(39)33(15-16-33)27-13-17-37(18-14-27)22-24-5-10-28(34)11-6-24/h3-12,19,27H,13-18,20-22H2,1-2H3,(H,35,38)(H,36,39). The number of carbonyl (C=O) groups is 2. The number of hydrogen-bond acceptors (Lipinski definition) is 5. The summed E-state index contributed by atoms with van der Waals surface area (Å²) < 4.78 is 10.6. The zero-order chi connectivity index (χ0) is 28.8. The Bertz CT molecular complexity index is 1350. The Hall–Kier alpha value is -3.55. The predicted molar refractivity (Wildman–Crippen MR) is 160 cm³/mol. The van der Waals surface area contributed by atoms with Crippen LogP contribution in [0.4, 0.5) is 0 Å². The number of benzene rings is 3. The molecule has 0 bridgehead atoms. The van der Waals surface area contributed by atoms with Gasteiger partial charge in [0.1, 0.15) is 0 Å². The van der Waals surface area contributed by atoms with Crippen molar-refractivity contribution < 1.29 is 19.1 Å². The molecule has 8 heteroatoms. The first-order valence-electron chi connectivity index (χ1n) is 14.2. The van der Waals surface area contributed by atoms with Crippen molar-refractivity contribution >= 4 is 23.4 Å². The molecular weight excluding hydrogens is 538 g/mol. The van der Waals surface area contributed by atoms with Gasteiger partial charge in [0.05, 0.1) is 19.6 Å². The van der Waals surface area contributed by atoms with Gasteiger partial charge in [-0.25, -0.2) is 0 Å². The van der Waals surface area contributed by atoms with Crippen LogP contribution in [0.3, 0.4) is 0 Å². The summed E-state index contributed by atoms with van der Waals surface area (Å²) in [7, 11) is 3.18. The zero-order valence-electron chi connectivity index (χ0n) is 23.8. The van der Waals surface area contributed by atoms with Gasteiger partial charge in [-0.3, -0.25) is 14.5 Å². The summed E-state index contributed by atoms with van der Waals surface area (Å²) in [4.78, 5) is 28.4. The lowest BCUT2D eigenvalue weighted by molar-refractivity contribution is -0.129. The van der Waals surface area contributed by atoms with E-state index in [-0.39, 0.29) is 17.2 Å². The zero-order valence-corrected chi connectivity index (χ0v) is 24.5. The molecule has 2 N–H and O–H groups in total. The molecule has 2 fully saturated rings. The molecule has 7 nitrogen and oxygen atoms in total. The van der Waals surface area contributed by atoms with Gasteiger partial charge in [-0.1, -0.05) is 41.9 Å². The molecular formula is C33H38ClN3O4. The summed E-state index contributed by atoms with van der Waals surface area (Å²) in [6.07, 6.45) is 4.04. The molecule has 1 saturated heterocycles. The topological polar surface area (TPSA) is 79.9 Å². The van der Waals surface area contributed by atoms with Gasteiger partial charge in [-0.05, 0) is 97.8 Å². The van der Waals surface area contributed by atoms with Crippen LogP contribution in [0, 0.1) is 11.3 Å². The second-order valence-electron chi connectivity index (χ2n) is 11.1. The van der Waals surface area contributed by atoms with Gasteiger partial charge in [0, 0.05) is 30.2 Å². The minimum Gasteiger partial charge on any atom is -0.493 e. The highest BCUT2D eigenvalue weighted by atomic mass is 35.5. The fourth-order valence-electron chi connectivity index (χ4n) is 5.85. The van der Waals surface area contributed by atoms with Crippen LogP contribution in [-0.4, -0.2) is 44.0 Å². The molecule has 3 aromatic rings. The summed E-state index contributed by atoms with van der Waals surface area (Å²) in [5.41, 5.74) is 3.52. The van der Waals surface area contributed by atoms with Crippen LogP contribution in [0.15, 0.2) is 66.7 Å². The number of carbonyl (C=O) groups excluding carboxylic acids is 2. The number of hydrogen-bond donors (Lipinski definition) is 2. The predicted octanol–water partition coefficient (Wildman–Crippen LogP) is 5.60. The van der Waals surface area contributed by atoms with E-state index >= 15 is 0 Å². The van der Waals surface area contributed by atoms with Gasteiger partial charge >= 0.3 is 0 Å². The summed E-state index contributed by atoms with van der Waals surface area (Å²) in [5, 5.41) is 6.89. The van der Waals surface area contributed by atoms with E-state index in [4.69, 9.17) is 21.1 Å². The van der Waals surface area contributed by atoms with Crippen molar-refractivity contribution in [2.24, 2.45) is 11.3 Å². The second-order valence-corrected chi connectivity index (χ2v) is 11.5. The molecule has 5 rings (SSSR count). The minimum absolute atomic E-state index is 0.158. The second kappa shape index (κ2) is 13.0. The molecule has 3 aromatic carbocycles. The number of halogens is 1. The van der Waals surface area contributed by atoms with E-state index in [9.17, 15) is 9.59 Å². The van der Waals surface area contributed by atoms with E-state index in [2.05, 4.69) is 27.7 Å². The van der Waals surface area contributed by atoms with Crippen LogP contribution in [0.1, 0.15) is 52.7 Å². The van der Waals surface area contributed by atoms with E-state index in [0.29, 0.717) is 36.1 Å². The number of amides is 2. The number of piperidine rings is 1. The fourth-order valence-corrected chi connectivity index (χ4v) is 5.98. The van der Waals surface area contributed by atoms with Crippen molar-refractivity contribution in [3.8, 4) is 11.5 Å². The van der Waals surface area contributed by atoms with Gasteiger partial charge < -0.3 is 20.1 Å². The first-order chi connectivity index (χ1) is 19.9. The van der Waals surface area contributed by atoms with E-state index < -0.39 is 0 Å². The van der Waals surface area contributed by atoms with Crippen molar-refractivity contribution in [2.75, 3.05) is 27.3 Å². The summed E-state index contributed by atoms with van der Waals surface area (Å²) in [5.74, 6) is 1.72. The van der Waals surface area contributed by atoms with Gasteiger partial charge in [-0.2, -0.15) is 0 Å². The quantitative estimate of drug-likeness (QED) is 0.311. The van der Waals surface area contributed by atoms with Crippen molar-refractivity contribution in [3.05, 3.63) is 94.0 Å². The molecule has 2 amide bonds. The van der Waals surface area contributed by atoms with E-state index in [1.165, 1.54) is 5.56 Å². The van der Waals surface area contributed by atoms with Crippen molar-refractivity contribution in [1.29, 1.82) is 0 Å². The maximum atomic E-state index is 13.3. The van der Waals surface area contributed by atoms with Crippen LogP contribution in [0.2, 0.25) is 5.02 Å². The lowest BCUT2D eigenvalue weighted by atomic mass is 9.80. The van der Waals surface area contributed by atoms with Gasteiger partial charge in [0.25, 0.3) is 5.91 Å². The first kappa shape index (κ1) is 29.0. The molecule has 1 saturated carbocycles. The van der Waals surface area contributed by atoms with Crippen LogP contribution < -0.4 is 20.1 Å².